The molecule has 0 atom stereocenters. The average Bonchev–Trinajstić information content (AvgIpc) is 3.01. The number of aromatic nitrogens is 2. The first-order valence-corrected chi connectivity index (χ1v) is 12.6. The zero-order valence-corrected chi connectivity index (χ0v) is 20.9. The maximum atomic E-state index is 14.0. The molecule has 0 unspecified atom stereocenters. The summed E-state index contributed by atoms with van der Waals surface area (Å²) in [6.07, 6.45) is 3.38. The highest BCUT2D eigenvalue weighted by Gasteiger charge is 2.36. The smallest absolute Gasteiger partial charge is 0.263 e. The van der Waals surface area contributed by atoms with Crippen molar-refractivity contribution in [2.24, 2.45) is 0 Å². The molecule has 2 aromatic carbocycles. The van der Waals surface area contributed by atoms with E-state index >= 15 is 0 Å². The normalized spacial score (nSPS) is 16.4. The molecular formula is C28H32N6O2. The van der Waals surface area contributed by atoms with Crippen molar-refractivity contribution in [3.8, 4) is 11.4 Å². The van der Waals surface area contributed by atoms with E-state index in [-0.39, 0.29) is 18.4 Å². The number of nitrogens with zero attached hydrogens (tertiary/aromatic N) is 6. The summed E-state index contributed by atoms with van der Waals surface area (Å²) in [5.41, 5.74) is 2.58. The second kappa shape index (κ2) is 10.6. The summed E-state index contributed by atoms with van der Waals surface area (Å²) in [7, 11) is 2.10. The fourth-order valence-electron chi connectivity index (χ4n) is 4.73. The van der Waals surface area contributed by atoms with Gasteiger partial charge in [0.2, 0.25) is 5.91 Å². The van der Waals surface area contributed by atoms with Crippen LogP contribution in [-0.2, 0) is 4.79 Å². The van der Waals surface area contributed by atoms with Gasteiger partial charge in [-0.25, -0.2) is 9.97 Å². The Balaban J connectivity index is 1.63. The van der Waals surface area contributed by atoms with E-state index in [0.29, 0.717) is 29.4 Å². The van der Waals surface area contributed by atoms with E-state index in [0.717, 1.165) is 50.3 Å². The van der Waals surface area contributed by atoms with Gasteiger partial charge in [0.25, 0.3) is 5.91 Å². The Morgan fingerprint density at radius 2 is 1.64 bits per heavy atom. The first-order chi connectivity index (χ1) is 17.6. The zero-order valence-electron chi connectivity index (χ0n) is 20.9. The van der Waals surface area contributed by atoms with E-state index in [9.17, 15) is 9.59 Å². The van der Waals surface area contributed by atoms with E-state index < -0.39 is 0 Å². The number of piperazine rings is 1. The van der Waals surface area contributed by atoms with Gasteiger partial charge in [-0.1, -0.05) is 55.8 Å². The molecule has 2 aliphatic heterocycles. The Kier molecular flexibility index (Phi) is 7.06. The summed E-state index contributed by atoms with van der Waals surface area (Å²) >= 11 is 0. The lowest BCUT2D eigenvalue weighted by Crippen LogP contribution is -2.48. The van der Waals surface area contributed by atoms with Gasteiger partial charge in [-0.05, 0) is 25.6 Å². The SMILES string of the molecule is CCCCN1C(=O)c2cnc(-c3ccccc3)nc2N(C(=O)CN2CCN(C)CC2)c2ccccc21. The van der Waals surface area contributed by atoms with Crippen molar-refractivity contribution in [3.05, 3.63) is 66.4 Å². The molecule has 0 aliphatic carbocycles. The van der Waals surface area contributed by atoms with E-state index in [4.69, 9.17) is 4.98 Å². The van der Waals surface area contributed by atoms with Crippen LogP contribution in [0.4, 0.5) is 17.2 Å². The number of hydrogen-bond acceptors (Lipinski definition) is 6. The fourth-order valence-corrected chi connectivity index (χ4v) is 4.73. The molecular weight excluding hydrogens is 452 g/mol. The van der Waals surface area contributed by atoms with Crippen molar-refractivity contribution in [2.75, 3.05) is 56.1 Å². The van der Waals surface area contributed by atoms with Gasteiger partial charge in [0.1, 0.15) is 5.56 Å². The van der Waals surface area contributed by atoms with Gasteiger partial charge in [0, 0.05) is 44.5 Å². The molecule has 1 saturated heterocycles. The number of amides is 2. The van der Waals surface area contributed by atoms with Crippen LogP contribution >= 0.6 is 0 Å². The largest absolute Gasteiger partial charge is 0.306 e. The van der Waals surface area contributed by atoms with E-state index in [1.54, 1.807) is 16.0 Å². The molecule has 186 valence electrons. The highest BCUT2D eigenvalue weighted by molar-refractivity contribution is 6.18. The molecule has 1 fully saturated rings. The highest BCUT2D eigenvalue weighted by Crippen LogP contribution is 2.40. The number of anilines is 3. The van der Waals surface area contributed by atoms with Crippen LogP contribution in [0.25, 0.3) is 11.4 Å². The Hall–Kier alpha value is -3.62. The third-order valence-corrected chi connectivity index (χ3v) is 6.84. The topological polar surface area (TPSA) is 72.9 Å². The van der Waals surface area contributed by atoms with Crippen molar-refractivity contribution >= 4 is 29.0 Å². The summed E-state index contributed by atoms with van der Waals surface area (Å²) < 4.78 is 0. The van der Waals surface area contributed by atoms with Crippen molar-refractivity contribution in [2.45, 2.75) is 19.8 Å². The van der Waals surface area contributed by atoms with Gasteiger partial charge in [-0.2, -0.15) is 0 Å². The summed E-state index contributed by atoms with van der Waals surface area (Å²) in [6, 6.07) is 17.3. The predicted molar refractivity (Wildman–Crippen MR) is 142 cm³/mol. The number of benzene rings is 2. The van der Waals surface area contributed by atoms with Gasteiger partial charge in [0.05, 0.1) is 17.9 Å². The van der Waals surface area contributed by atoms with Crippen LogP contribution in [0.15, 0.2) is 60.8 Å². The van der Waals surface area contributed by atoms with Gasteiger partial charge in [0.15, 0.2) is 11.6 Å². The molecule has 5 rings (SSSR count). The minimum absolute atomic E-state index is 0.101. The molecule has 0 N–H and O–H groups in total. The Bertz CT molecular complexity index is 1240. The number of carbonyl (C=O) groups is 2. The Morgan fingerprint density at radius 1 is 0.944 bits per heavy atom. The Morgan fingerprint density at radius 3 is 2.36 bits per heavy atom. The lowest BCUT2D eigenvalue weighted by molar-refractivity contribution is -0.119. The predicted octanol–water partition coefficient (Wildman–Crippen LogP) is 3.82. The summed E-state index contributed by atoms with van der Waals surface area (Å²) in [5, 5.41) is 0. The third-order valence-electron chi connectivity index (χ3n) is 6.84. The van der Waals surface area contributed by atoms with Crippen molar-refractivity contribution in [1.82, 2.24) is 19.8 Å². The van der Waals surface area contributed by atoms with Crippen LogP contribution in [0.1, 0.15) is 30.1 Å². The van der Waals surface area contributed by atoms with E-state index in [1.165, 1.54) is 0 Å². The molecule has 0 saturated carbocycles. The van der Waals surface area contributed by atoms with Crippen molar-refractivity contribution < 1.29 is 9.59 Å². The van der Waals surface area contributed by atoms with Crippen LogP contribution in [0.3, 0.4) is 0 Å². The summed E-state index contributed by atoms with van der Waals surface area (Å²) in [5.74, 6) is 0.551. The zero-order chi connectivity index (χ0) is 25.1. The van der Waals surface area contributed by atoms with Crippen molar-refractivity contribution in [3.63, 3.8) is 0 Å². The Labute approximate surface area is 212 Å². The number of hydrogen-bond donors (Lipinski definition) is 0. The minimum atomic E-state index is -0.180. The quantitative estimate of drug-likeness (QED) is 0.530. The number of unbranched alkanes of at least 4 members (excludes halogenated alkanes) is 1. The van der Waals surface area contributed by atoms with Crippen molar-refractivity contribution in [1.29, 1.82) is 0 Å². The van der Waals surface area contributed by atoms with E-state index in [1.807, 2.05) is 54.6 Å². The first-order valence-electron chi connectivity index (χ1n) is 12.6. The first kappa shape index (κ1) is 24.1. The third kappa shape index (κ3) is 4.74. The molecule has 0 radical (unpaired) electrons. The molecule has 8 heteroatoms. The second-order valence-electron chi connectivity index (χ2n) is 9.40. The monoisotopic (exact) mass is 484 g/mol. The maximum absolute atomic E-state index is 14.0. The minimum Gasteiger partial charge on any atom is -0.306 e. The lowest BCUT2D eigenvalue weighted by Gasteiger charge is -2.33. The summed E-state index contributed by atoms with van der Waals surface area (Å²) in [6.45, 7) is 6.41. The second-order valence-corrected chi connectivity index (χ2v) is 9.40. The molecule has 36 heavy (non-hydrogen) atoms. The van der Waals surface area contributed by atoms with Gasteiger partial charge >= 0.3 is 0 Å². The molecule has 8 nitrogen and oxygen atoms in total. The summed E-state index contributed by atoms with van der Waals surface area (Å²) in [4.78, 5) is 45.0. The van der Waals surface area contributed by atoms with E-state index in [2.05, 4.69) is 28.8 Å². The molecule has 1 aromatic heterocycles. The number of likely N-dealkylation sites (N-methyl/N-ethyl adjacent to an activating group) is 1. The molecule has 0 spiro atoms. The van der Waals surface area contributed by atoms with Crippen LogP contribution in [-0.4, -0.2) is 77.9 Å². The molecule has 3 aromatic rings. The standard InChI is InChI=1S/C28H32N6O2/c1-3-4-14-33-23-12-8-9-13-24(23)34(25(35)20-32-17-15-31(2)16-18-32)27-22(28(33)36)19-29-26(30-27)21-10-6-5-7-11-21/h5-13,19H,3-4,14-18,20H2,1-2H3. The number of fused-ring (bicyclic) bond motifs is 2. The van der Waals surface area contributed by atoms with Gasteiger partial charge in [-0.3, -0.25) is 19.4 Å². The number of carbonyl (C=O) groups excluding carboxylic acids is 2. The lowest BCUT2D eigenvalue weighted by atomic mass is 10.2. The van der Waals surface area contributed by atoms with Crippen LogP contribution in [0.5, 0.6) is 0 Å². The molecule has 3 heterocycles. The van der Waals surface area contributed by atoms with Crippen LogP contribution < -0.4 is 9.80 Å². The number of rotatable bonds is 6. The highest BCUT2D eigenvalue weighted by atomic mass is 16.2. The fraction of sp³-hybridized carbons (Fsp3) is 0.357. The maximum Gasteiger partial charge on any atom is 0.263 e. The van der Waals surface area contributed by atoms with Crippen LogP contribution in [0, 0.1) is 0 Å². The molecule has 0 bridgehead atoms. The van der Waals surface area contributed by atoms with Gasteiger partial charge < -0.3 is 9.80 Å². The van der Waals surface area contributed by atoms with Gasteiger partial charge in [-0.15, -0.1) is 0 Å². The van der Waals surface area contributed by atoms with Crippen LogP contribution in [0.2, 0.25) is 0 Å². The molecule has 2 aliphatic rings. The number of para-hydroxylation sites is 2. The molecule has 2 amide bonds. The average molecular weight is 485 g/mol.